The summed E-state index contributed by atoms with van der Waals surface area (Å²) in [6.45, 7) is 0.708. The van der Waals surface area contributed by atoms with Crippen molar-refractivity contribution in [1.29, 1.82) is 0 Å². The number of hydrogen-bond donors (Lipinski definition) is 4. The Hall–Kier alpha value is -3.12. The number of ether oxygens (including phenoxy) is 2. The Morgan fingerprint density at radius 3 is 1.49 bits per heavy atom. The first-order valence-electron chi connectivity index (χ1n) is 22.1. The molecule has 0 aromatic heterocycles. The van der Waals surface area contributed by atoms with Crippen molar-refractivity contribution in [3.8, 4) is 0 Å². The molecular formula is C46H78NO11P. The zero-order chi connectivity index (χ0) is 43.5. The summed E-state index contributed by atoms with van der Waals surface area (Å²) < 4.78 is 32.6. The van der Waals surface area contributed by atoms with Gasteiger partial charge in [-0.25, -0.2) is 4.57 Å². The number of unbranched alkanes of at least 4 members (excludes halogenated alkanes) is 14. The van der Waals surface area contributed by atoms with Gasteiger partial charge in [0.15, 0.2) is 6.10 Å². The smallest absolute Gasteiger partial charge is 0.472 e. The van der Waals surface area contributed by atoms with Gasteiger partial charge in [0.2, 0.25) is 0 Å². The second-order valence-electron chi connectivity index (χ2n) is 14.5. The van der Waals surface area contributed by atoms with Gasteiger partial charge in [0.1, 0.15) is 12.6 Å². The highest BCUT2D eigenvalue weighted by molar-refractivity contribution is 7.47. The molecule has 59 heavy (non-hydrogen) atoms. The van der Waals surface area contributed by atoms with E-state index in [1.165, 1.54) is 38.5 Å². The van der Waals surface area contributed by atoms with Gasteiger partial charge in [-0.3, -0.25) is 23.4 Å². The molecule has 0 radical (unpaired) electrons. The number of carbonyl (C=O) groups is 3. The number of allylic oxidation sites excluding steroid dienone is 12. The van der Waals surface area contributed by atoms with Crippen LogP contribution in [0.5, 0.6) is 0 Å². The van der Waals surface area contributed by atoms with Crippen LogP contribution in [-0.2, 0) is 37.5 Å². The zero-order valence-corrected chi connectivity index (χ0v) is 36.9. The molecule has 0 heterocycles. The van der Waals surface area contributed by atoms with Crippen LogP contribution in [0.1, 0.15) is 161 Å². The fourth-order valence-corrected chi connectivity index (χ4v) is 6.26. The van der Waals surface area contributed by atoms with Gasteiger partial charge in [0, 0.05) is 19.4 Å². The number of phosphoric ester groups is 1. The van der Waals surface area contributed by atoms with E-state index in [0.717, 1.165) is 83.5 Å². The first kappa shape index (κ1) is 55.9. The highest BCUT2D eigenvalue weighted by atomic mass is 31.2. The van der Waals surface area contributed by atoms with Gasteiger partial charge in [-0.05, 0) is 89.9 Å². The minimum absolute atomic E-state index is 0.0703. The third-order valence-electron chi connectivity index (χ3n) is 8.98. The summed E-state index contributed by atoms with van der Waals surface area (Å²) in [6.07, 6.45) is 47.0. The number of aliphatic hydroxyl groups excluding tert-OH is 1. The maximum absolute atomic E-state index is 12.6. The van der Waals surface area contributed by atoms with Crippen LogP contribution < -0.4 is 5.73 Å². The Labute approximate surface area is 355 Å². The third-order valence-corrected chi connectivity index (χ3v) is 9.93. The number of aliphatic carboxylic acids is 1. The lowest BCUT2D eigenvalue weighted by Crippen LogP contribution is -2.34. The van der Waals surface area contributed by atoms with Crippen molar-refractivity contribution in [2.45, 2.75) is 173 Å². The maximum atomic E-state index is 12.6. The molecule has 0 saturated heterocycles. The van der Waals surface area contributed by atoms with E-state index in [1.807, 2.05) is 12.2 Å². The molecule has 0 aliphatic rings. The molecule has 0 spiro atoms. The standard InChI is InChI=1S/C46H78NO11P/c1-2-3-4-5-6-7-8-9-10-12-15-18-21-24-27-30-33-36-44(49)55-39-42(40-56-59(53,54)57-41-43(47)46(51)52)58-45(50)37-34-31-28-25-22-19-16-13-11-14-17-20-23-26-29-32-35-38-48/h6-7,9-11,14,16,19-20,23,25,28,42-43,48H,2-5,8,12-13,15,17-18,21-22,24,26-27,29-41,47H2,1H3,(H,51,52)(H,53,54)/b7-6-,10-9-,14-11-,19-16-,23-20-,28-25-/t42-,43+/m1/s1. The molecule has 0 fully saturated rings. The number of aliphatic hydroxyl groups is 1. The van der Waals surface area contributed by atoms with Crippen molar-refractivity contribution in [3.63, 3.8) is 0 Å². The van der Waals surface area contributed by atoms with Crippen molar-refractivity contribution in [1.82, 2.24) is 0 Å². The Balaban J connectivity index is 4.47. The SMILES string of the molecule is CCCCC/C=C\C/C=C\CCCCCCCCCC(=O)OC[C@H](COP(=O)(O)OC[C@H](N)C(=O)O)OC(=O)CCC/C=C\C/C=C\C/C=C\C/C=C\CCCCCO. The quantitative estimate of drug-likeness (QED) is 0.0197. The Bertz CT molecular complexity index is 1280. The minimum atomic E-state index is -4.74. The molecule has 0 amide bonds. The molecule has 0 rings (SSSR count). The van der Waals surface area contributed by atoms with Gasteiger partial charge in [0.05, 0.1) is 13.2 Å². The van der Waals surface area contributed by atoms with Gasteiger partial charge in [-0.1, -0.05) is 131 Å². The lowest BCUT2D eigenvalue weighted by Gasteiger charge is -2.20. The van der Waals surface area contributed by atoms with E-state index < -0.39 is 51.1 Å². The molecule has 0 aliphatic carbocycles. The average Bonchev–Trinajstić information content (AvgIpc) is 3.21. The van der Waals surface area contributed by atoms with Gasteiger partial charge in [-0.2, -0.15) is 0 Å². The summed E-state index contributed by atoms with van der Waals surface area (Å²) in [5, 5.41) is 17.7. The van der Waals surface area contributed by atoms with Crippen molar-refractivity contribution < 1.29 is 52.6 Å². The molecule has 3 atom stereocenters. The highest BCUT2D eigenvalue weighted by Crippen LogP contribution is 2.43. The van der Waals surface area contributed by atoms with Gasteiger partial charge >= 0.3 is 25.7 Å². The van der Waals surface area contributed by atoms with Crippen LogP contribution >= 0.6 is 7.82 Å². The van der Waals surface area contributed by atoms with Crippen LogP contribution in [0.15, 0.2) is 72.9 Å². The number of rotatable bonds is 41. The molecule has 13 heteroatoms. The van der Waals surface area contributed by atoms with Crippen molar-refractivity contribution in [3.05, 3.63) is 72.9 Å². The first-order valence-corrected chi connectivity index (χ1v) is 23.6. The van der Waals surface area contributed by atoms with Crippen LogP contribution in [0.4, 0.5) is 0 Å². The predicted octanol–water partition coefficient (Wildman–Crippen LogP) is 10.7. The van der Waals surface area contributed by atoms with Crippen LogP contribution in [0.2, 0.25) is 0 Å². The second kappa shape index (κ2) is 41.6. The van der Waals surface area contributed by atoms with E-state index in [0.29, 0.717) is 19.3 Å². The monoisotopic (exact) mass is 852 g/mol. The Morgan fingerprint density at radius 1 is 0.559 bits per heavy atom. The van der Waals surface area contributed by atoms with Crippen LogP contribution in [-0.4, -0.2) is 71.6 Å². The van der Waals surface area contributed by atoms with E-state index in [4.69, 9.17) is 29.9 Å². The molecule has 12 nitrogen and oxygen atoms in total. The van der Waals surface area contributed by atoms with E-state index in [-0.39, 0.29) is 26.1 Å². The summed E-state index contributed by atoms with van der Waals surface area (Å²) in [6, 6.07) is -1.54. The van der Waals surface area contributed by atoms with E-state index in [2.05, 4.69) is 72.2 Å². The summed E-state index contributed by atoms with van der Waals surface area (Å²) in [4.78, 5) is 46.0. The Kier molecular flexibility index (Phi) is 39.4. The van der Waals surface area contributed by atoms with Crippen LogP contribution in [0, 0.1) is 0 Å². The lowest BCUT2D eigenvalue weighted by molar-refractivity contribution is -0.161. The normalized spacial score (nSPS) is 14.4. The van der Waals surface area contributed by atoms with Crippen LogP contribution in [0.3, 0.4) is 0 Å². The molecule has 338 valence electrons. The number of nitrogens with two attached hydrogens (primary N) is 1. The number of carboxylic acids is 1. The number of carbonyl (C=O) groups excluding carboxylic acids is 2. The molecule has 1 unspecified atom stereocenters. The fourth-order valence-electron chi connectivity index (χ4n) is 5.48. The van der Waals surface area contributed by atoms with Gasteiger partial charge in [0.25, 0.3) is 0 Å². The zero-order valence-electron chi connectivity index (χ0n) is 36.0. The number of hydrogen-bond acceptors (Lipinski definition) is 10. The second-order valence-corrected chi connectivity index (χ2v) is 16.0. The maximum Gasteiger partial charge on any atom is 0.472 e. The topological polar surface area (TPSA) is 192 Å². The largest absolute Gasteiger partial charge is 0.480 e. The first-order chi connectivity index (χ1) is 28.6. The molecule has 0 aliphatic heterocycles. The summed E-state index contributed by atoms with van der Waals surface area (Å²) in [5.74, 6) is -2.49. The highest BCUT2D eigenvalue weighted by Gasteiger charge is 2.28. The van der Waals surface area contributed by atoms with Crippen molar-refractivity contribution in [2.75, 3.05) is 26.4 Å². The van der Waals surface area contributed by atoms with Crippen molar-refractivity contribution >= 4 is 25.7 Å². The number of esters is 2. The van der Waals surface area contributed by atoms with Gasteiger partial charge < -0.3 is 30.3 Å². The minimum Gasteiger partial charge on any atom is -0.480 e. The molecule has 5 N–H and O–H groups in total. The summed E-state index contributed by atoms with van der Waals surface area (Å²) in [7, 11) is -4.74. The molecule has 0 bridgehead atoms. The molecule has 0 aromatic carbocycles. The predicted molar refractivity (Wildman–Crippen MR) is 237 cm³/mol. The van der Waals surface area contributed by atoms with E-state index in [9.17, 15) is 23.8 Å². The van der Waals surface area contributed by atoms with E-state index in [1.54, 1.807) is 0 Å². The van der Waals surface area contributed by atoms with E-state index >= 15 is 0 Å². The lowest BCUT2D eigenvalue weighted by atomic mass is 10.1. The third kappa shape index (κ3) is 41.4. The van der Waals surface area contributed by atoms with Gasteiger partial charge in [-0.15, -0.1) is 0 Å². The fraction of sp³-hybridized carbons (Fsp3) is 0.674. The molecule has 0 aromatic rings. The van der Waals surface area contributed by atoms with Crippen LogP contribution in [0.25, 0.3) is 0 Å². The molecular weight excluding hydrogens is 773 g/mol. The number of phosphoric acid groups is 1. The summed E-state index contributed by atoms with van der Waals surface area (Å²) >= 11 is 0. The molecule has 0 saturated carbocycles. The summed E-state index contributed by atoms with van der Waals surface area (Å²) in [5.41, 5.74) is 5.33. The Morgan fingerprint density at radius 2 is 0.983 bits per heavy atom. The average molecular weight is 852 g/mol. The number of carboxylic acid groups (broad SMARTS) is 1. The van der Waals surface area contributed by atoms with Crippen molar-refractivity contribution in [2.24, 2.45) is 5.73 Å².